The highest BCUT2D eigenvalue weighted by molar-refractivity contribution is 5.38. The largest absolute Gasteiger partial charge is 0.497 e. The molecule has 1 saturated carbocycles. The number of hydrogen-bond acceptors (Lipinski definition) is 5. The molecule has 0 spiro atoms. The fourth-order valence-electron chi connectivity index (χ4n) is 4.21. The molecular formula is C18H24N4O2. The highest BCUT2D eigenvalue weighted by Crippen LogP contribution is 2.52. The number of methoxy groups -OCH3 is 1. The number of nitrogens with zero attached hydrogens (tertiary/aromatic N) is 3. The number of rotatable bonds is 5. The minimum Gasteiger partial charge on any atom is -0.497 e. The van der Waals surface area contributed by atoms with E-state index in [1.54, 1.807) is 11.8 Å². The van der Waals surface area contributed by atoms with Gasteiger partial charge in [0.1, 0.15) is 5.75 Å². The van der Waals surface area contributed by atoms with E-state index in [0.717, 1.165) is 36.7 Å². The first-order valence-electron chi connectivity index (χ1n) is 8.50. The summed E-state index contributed by atoms with van der Waals surface area (Å²) >= 11 is 0. The summed E-state index contributed by atoms with van der Waals surface area (Å²) in [5.74, 6) is 1.44. The molecular weight excluding hydrogens is 304 g/mol. The Labute approximate surface area is 142 Å². The topological polar surface area (TPSA) is 61.2 Å². The Kier molecular flexibility index (Phi) is 3.81. The van der Waals surface area contributed by atoms with Crippen LogP contribution in [-0.2, 0) is 11.3 Å². The maximum Gasteiger partial charge on any atom is 0.121 e. The lowest BCUT2D eigenvalue weighted by Gasteiger charge is -2.54. The maximum atomic E-state index is 5.85. The Bertz CT molecular complexity index is 727. The number of benzene rings is 1. The maximum absolute atomic E-state index is 5.85. The van der Waals surface area contributed by atoms with Crippen molar-refractivity contribution in [3.63, 3.8) is 0 Å². The molecule has 2 fully saturated rings. The highest BCUT2D eigenvalue weighted by Gasteiger charge is 2.58. The summed E-state index contributed by atoms with van der Waals surface area (Å²) in [5, 5.41) is 12.2. The van der Waals surface area contributed by atoms with Gasteiger partial charge in [-0.3, -0.25) is 0 Å². The van der Waals surface area contributed by atoms with E-state index in [0.29, 0.717) is 18.1 Å². The van der Waals surface area contributed by atoms with Gasteiger partial charge < -0.3 is 14.8 Å². The molecule has 1 saturated heterocycles. The van der Waals surface area contributed by atoms with E-state index >= 15 is 0 Å². The van der Waals surface area contributed by atoms with Crippen molar-refractivity contribution in [2.45, 2.75) is 39.0 Å². The van der Waals surface area contributed by atoms with E-state index in [-0.39, 0.29) is 5.41 Å². The van der Waals surface area contributed by atoms with Crippen LogP contribution in [-0.4, -0.2) is 40.9 Å². The summed E-state index contributed by atoms with van der Waals surface area (Å²) in [6, 6.07) is 8.28. The van der Waals surface area contributed by atoms with Crippen molar-refractivity contribution in [1.82, 2.24) is 20.3 Å². The fraction of sp³-hybridized carbons (Fsp3) is 0.556. The lowest BCUT2D eigenvalue weighted by molar-refractivity contribution is -0.113. The number of aromatic nitrogens is 3. The molecule has 1 aliphatic heterocycles. The molecule has 0 bridgehead atoms. The zero-order valence-electron chi connectivity index (χ0n) is 14.4. The van der Waals surface area contributed by atoms with Crippen LogP contribution in [0.25, 0.3) is 5.69 Å². The predicted octanol–water partition coefficient (Wildman–Crippen LogP) is 2.18. The minimum absolute atomic E-state index is 0.184. The highest BCUT2D eigenvalue weighted by atomic mass is 16.5. The van der Waals surface area contributed by atoms with Crippen LogP contribution in [0, 0.1) is 11.3 Å². The molecule has 1 aromatic carbocycles. The van der Waals surface area contributed by atoms with Crippen molar-refractivity contribution < 1.29 is 9.47 Å². The lowest BCUT2D eigenvalue weighted by Crippen LogP contribution is -2.65. The molecule has 128 valence electrons. The Balaban J connectivity index is 1.42. The second-order valence-corrected chi connectivity index (χ2v) is 7.28. The first kappa shape index (κ1) is 15.6. The molecule has 2 aromatic rings. The van der Waals surface area contributed by atoms with E-state index in [4.69, 9.17) is 9.47 Å². The normalized spacial score (nSPS) is 27.5. The SMILES string of the molecule is COc1cccc(-n2cc(CNC3[C@@H]4CCO[C@@H]4C3(C)C)nn2)c1. The number of fused-ring (bicyclic) bond motifs is 1. The standard InChI is InChI=1S/C18H24N4O2/c1-18(2)16(15-7-8-24-17(15)18)19-10-12-11-22(21-20-12)13-5-4-6-14(9-13)23-3/h4-6,9,11,15-17,19H,7-8,10H2,1-3H3/t15-,16?,17-/m0/s1. The summed E-state index contributed by atoms with van der Waals surface area (Å²) in [7, 11) is 1.66. The molecule has 2 aliphatic rings. The molecule has 1 N–H and O–H groups in total. The summed E-state index contributed by atoms with van der Waals surface area (Å²) in [4.78, 5) is 0. The first-order chi connectivity index (χ1) is 11.6. The Morgan fingerprint density at radius 2 is 2.29 bits per heavy atom. The van der Waals surface area contributed by atoms with Gasteiger partial charge in [0.2, 0.25) is 0 Å². The summed E-state index contributed by atoms with van der Waals surface area (Å²) in [6.07, 6.45) is 3.53. The molecule has 1 aliphatic carbocycles. The molecule has 4 rings (SSSR count). The summed E-state index contributed by atoms with van der Waals surface area (Å²) in [6.45, 7) is 6.18. The monoisotopic (exact) mass is 328 g/mol. The molecule has 0 radical (unpaired) electrons. The van der Waals surface area contributed by atoms with Crippen molar-refractivity contribution >= 4 is 0 Å². The van der Waals surface area contributed by atoms with Crippen molar-refractivity contribution in [1.29, 1.82) is 0 Å². The van der Waals surface area contributed by atoms with Gasteiger partial charge in [0.05, 0.1) is 30.8 Å². The van der Waals surface area contributed by atoms with Gasteiger partial charge in [-0.2, -0.15) is 0 Å². The van der Waals surface area contributed by atoms with Crippen LogP contribution >= 0.6 is 0 Å². The quantitative estimate of drug-likeness (QED) is 0.911. The van der Waals surface area contributed by atoms with Gasteiger partial charge in [-0.05, 0) is 18.6 Å². The number of hydrogen-bond donors (Lipinski definition) is 1. The molecule has 6 nitrogen and oxygen atoms in total. The van der Waals surface area contributed by atoms with E-state index in [9.17, 15) is 0 Å². The molecule has 1 aromatic heterocycles. The number of nitrogens with one attached hydrogen (secondary N) is 1. The molecule has 0 amide bonds. The summed E-state index contributed by atoms with van der Waals surface area (Å²) in [5.41, 5.74) is 2.07. The third-order valence-corrected chi connectivity index (χ3v) is 5.46. The van der Waals surface area contributed by atoms with Crippen molar-refractivity contribution in [3.05, 3.63) is 36.2 Å². The van der Waals surface area contributed by atoms with E-state index in [1.807, 2.05) is 30.5 Å². The van der Waals surface area contributed by atoms with Crippen LogP contribution in [0.2, 0.25) is 0 Å². The van der Waals surface area contributed by atoms with Gasteiger partial charge in [-0.25, -0.2) is 4.68 Å². The fourth-order valence-corrected chi connectivity index (χ4v) is 4.21. The van der Waals surface area contributed by atoms with E-state index in [2.05, 4.69) is 29.5 Å². The van der Waals surface area contributed by atoms with Crippen LogP contribution in [0.15, 0.2) is 30.5 Å². The number of ether oxygens (including phenoxy) is 2. The van der Waals surface area contributed by atoms with Gasteiger partial charge in [-0.1, -0.05) is 25.1 Å². The smallest absolute Gasteiger partial charge is 0.121 e. The minimum atomic E-state index is 0.184. The molecule has 6 heteroatoms. The average molecular weight is 328 g/mol. The zero-order valence-corrected chi connectivity index (χ0v) is 14.4. The molecule has 3 atom stereocenters. The van der Waals surface area contributed by atoms with Gasteiger partial charge in [0.25, 0.3) is 0 Å². The molecule has 24 heavy (non-hydrogen) atoms. The molecule has 2 heterocycles. The third-order valence-electron chi connectivity index (χ3n) is 5.46. The third kappa shape index (κ3) is 2.50. The van der Waals surface area contributed by atoms with E-state index < -0.39 is 0 Å². The zero-order chi connectivity index (χ0) is 16.7. The van der Waals surface area contributed by atoms with Crippen LogP contribution in [0.3, 0.4) is 0 Å². The van der Waals surface area contributed by atoms with Crippen LogP contribution in [0.5, 0.6) is 5.75 Å². The van der Waals surface area contributed by atoms with Crippen molar-refractivity contribution in [3.8, 4) is 11.4 Å². The van der Waals surface area contributed by atoms with Gasteiger partial charge in [0, 0.05) is 36.6 Å². The van der Waals surface area contributed by atoms with Crippen molar-refractivity contribution in [2.75, 3.05) is 13.7 Å². The Morgan fingerprint density at radius 1 is 1.42 bits per heavy atom. The Morgan fingerprint density at radius 3 is 3.12 bits per heavy atom. The van der Waals surface area contributed by atoms with Gasteiger partial charge in [-0.15, -0.1) is 5.10 Å². The van der Waals surface area contributed by atoms with Crippen LogP contribution in [0.4, 0.5) is 0 Å². The predicted molar refractivity (Wildman–Crippen MR) is 90.2 cm³/mol. The van der Waals surface area contributed by atoms with Gasteiger partial charge >= 0.3 is 0 Å². The Hall–Kier alpha value is -1.92. The van der Waals surface area contributed by atoms with Crippen LogP contribution < -0.4 is 10.1 Å². The van der Waals surface area contributed by atoms with Crippen LogP contribution in [0.1, 0.15) is 26.0 Å². The molecule has 1 unspecified atom stereocenters. The summed E-state index contributed by atoms with van der Waals surface area (Å²) < 4.78 is 12.9. The van der Waals surface area contributed by atoms with E-state index in [1.165, 1.54) is 0 Å². The first-order valence-corrected chi connectivity index (χ1v) is 8.50. The second-order valence-electron chi connectivity index (χ2n) is 7.28. The van der Waals surface area contributed by atoms with Gasteiger partial charge in [0.15, 0.2) is 0 Å². The second kappa shape index (κ2) is 5.86. The van der Waals surface area contributed by atoms with Crippen molar-refractivity contribution in [2.24, 2.45) is 11.3 Å². The lowest BCUT2D eigenvalue weighted by atomic mass is 9.57. The average Bonchev–Trinajstić information content (AvgIpc) is 3.23.